The van der Waals surface area contributed by atoms with Gasteiger partial charge in [0.05, 0.1) is 23.9 Å². The Morgan fingerprint density at radius 1 is 0.854 bits per heavy atom. The summed E-state index contributed by atoms with van der Waals surface area (Å²) >= 11 is 0. The van der Waals surface area contributed by atoms with Crippen LogP contribution in [0.5, 0.6) is 11.5 Å². The van der Waals surface area contributed by atoms with E-state index in [0.29, 0.717) is 40.0 Å². The maximum absolute atomic E-state index is 12.7. The summed E-state index contributed by atoms with van der Waals surface area (Å²) in [6, 6.07) is 20.4. The SMILES string of the molecule is CCCCCCC[NH2+]C(=O)Oc1cccc(CN(C)CCCCOc2ccc3c(=O)c4ccccc4oc3c2)c1.[Cl-]. The molecule has 0 aliphatic heterocycles. The average molecular weight is 581 g/mol. The number of quaternary nitrogens is 1. The second-order valence-corrected chi connectivity index (χ2v) is 10.4. The monoisotopic (exact) mass is 580 g/mol. The molecule has 0 saturated heterocycles. The number of nitrogens with zero attached hydrogens (tertiary/aromatic N) is 1. The van der Waals surface area contributed by atoms with E-state index in [1.807, 2.05) is 36.4 Å². The minimum Gasteiger partial charge on any atom is -1.00 e. The number of fused-ring (bicyclic) bond motifs is 2. The van der Waals surface area contributed by atoms with E-state index in [2.05, 4.69) is 24.9 Å². The number of primary amides is 1. The normalized spacial score (nSPS) is 11.1. The molecule has 0 aliphatic carbocycles. The lowest BCUT2D eigenvalue weighted by Gasteiger charge is -2.17. The maximum atomic E-state index is 12.7. The summed E-state index contributed by atoms with van der Waals surface area (Å²) in [4.78, 5) is 27.1. The van der Waals surface area contributed by atoms with Crippen molar-refractivity contribution in [1.82, 2.24) is 4.90 Å². The van der Waals surface area contributed by atoms with Crippen molar-refractivity contribution in [3.05, 3.63) is 82.5 Å². The lowest BCUT2D eigenvalue weighted by Crippen LogP contribution is -3.00. The standard InChI is InChI=1S/C33H40N2O5.ClH/c1-3-4-5-6-9-19-34-33(37)39-27-14-12-13-25(22-27)24-35(2)20-10-11-21-38-26-17-18-29-31(23-26)40-30-16-8-7-15-28(30)32(29)36;/h7-8,12-18,22-23H,3-6,9-11,19-21,24H2,1-2H3,(H,34,37);1H. The van der Waals surface area contributed by atoms with Crippen LogP contribution in [0, 0.1) is 0 Å². The Kier molecular flexibility index (Phi) is 13.1. The van der Waals surface area contributed by atoms with Gasteiger partial charge in [-0.25, -0.2) is 5.32 Å². The first-order valence-corrected chi connectivity index (χ1v) is 14.4. The maximum Gasteiger partial charge on any atom is 0.518 e. The fraction of sp³-hybridized carbons (Fsp3) is 0.394. The van der Waals surface area contributed by atoms with Gasteiger partial charge in [-0.1, -0.05) is 50.5 Å². The average Bonchev–Trinajstić information content (AvgIpc) is 2.95. The summed E-state index contributed by atoms with van der Waals surface area (Å²) in [5, 5.41) is 2.80. The van der Waals surface area contributed by atoms with Crippen LogP contribution in [0.4, 0.5) is 4.79 Å². The number of halogens is 1. The third-order valence-corrected chi connectivity index (χ3v) is 6.94. The van der Waals surface area contributed by atoms with E-state index in [-0.39, 0.29) is 23.9 Å². The van der Waals surface area contributed by atoms with Crippen molar-refractivity contribution in [2.75, 3.05) is 26.7 Å². The van der Waals surface area contributed by atoms with Gasteiger partial charge >= 0.3 is 6.09 Å². The van der Waals surface area contributed by atoms with E-state index in [1.165, 1.54) is 19.3 Å². The van der Waals surface area contributed by atoms with Gasteiger partial charge in [-0.05, 0) is 81.2 Å². The highest BCUT2D eigenvalue weighted by Gasteiger charge is 2.11. The number of benzene rings is 3. The van der Waals surface area contributed by atoms with Gasteiger partial charge in [0, 0.05) is 12.6 Å². The molecule has 8 heteroatoms. The highest BCUT2D eigenvalue weighted by molar-refractivity contribution is 5.90. The zero-order valence-corrected chi connectivity index (χ0v) is 24.8. The molecule has 0 bridgehead atoms. The number of hydrogen-bond acceptors (Lipinski definition) is 6. The molecule has 0 spiro atoms. The Hall–Kier alpha value is -3.39. The summed E-state index contributed by atoms with van der Waals surface area (Å²) in [7, 11) is 2.08. The summed E-state index contributed by atoms with van der Waals surface area (Å²) in [6.45, 7) is 5.23. The fourth-order valence-corrected chi connectivity index (χ4v) is 4.77. The van der Waals surface area contributed by atoms with Crippen molar-refractivity contribution in [1.29, 1.82) is 0 Å². The molecule has 1 heterocycles. The predicted octanol–water partition coefficient (Wildman–Crippen LogP) is 3.27. The van der Waals surface area contributed by atoms with E-state index in [4.69, 9.17) is 13.9 Å². The van der Waals surface area contributed by atoms with Crippen molar-refractivity contribution >= 4 is 28.0 Å². The van der Waals surface area contributed by atoms with E-state index < -0.39 is 0 Å². The van der Waals surface area contributed by atoms with Gasteiger partial charge in [0.25, 0.3) is 0 Å². The summed E-state index contributed by atoms with van der Waals surface area (Å²) in [6.07, 6.45) is 7.49. The van der Waals surface area contributed by atoms with Gasteiger partial charge < -0.3 is 31.2 Å². The summed E-state index contributed by atoms with van der Waals surface area (Å²) in [5.41, 5.74) is 2.19. The molecule has 1 aromatic heterocycles. The third-order valence-electron chi connectivity index (χ3n) is 6.94. The van der Waals surface area contributed by atoms with Crippen LogP contribution in [0.25, 0.3) is 21.9 Å². The molecule has 0 aliphatic rings. The minimum absolute atomic E-state index is 0. The zero-order chi connectivity index (χ0) is 28.2. The van der Waals surface area contributed by atoms with Crippen molar-refractivity contribution in [2.45, 2.75) is 58.4 Å². The van der Waals surface area contributed by atoms with Gasteiger partial charge in [-0.3, -0.25) is 4.79 Å². The van der Waals surface area contributed by atoms with Gasteiger partial charge in [0.15, 0.2) is 0 Å². The number of unbranched alkanes of at least 4 members (excludes halogenated alkanes) is 5. The van der Waals surface area contributed by atoms with Crippen LogP contribution >= 0.6 is 0 Å². The van der Waals surface area contributed by atoms with E-state index in [1.54, 1.807) is 29.6 Å². The van der Waals surface area contributed by atoms with Crippen molar-refractivity contribution in [2.24, 2.45) is 0 Å². The number of para-hydroxylation sites is 1. The Morgan fingerprint density at radius 3 is 2.51 bits per heavy atom. The van der Waals surface area contributed by atoms with Crippen LogP contribution in [-0.4, -0.2) is 37.7 Å². The molecule has 0 saturated carbocycles. The predicted molar refractivity (Wildman–Crippen MR) is 159 cm³/mol. The minimum atomic E-state index is -0.275. The summed E-state index contributed by atoms with van der Waals surface area (Å²) in [5.74, 6) is 1.28. The molecule has 0 radical (unpaired) electrons. The number of nitrogens with two attached hydrogens (primary N) is 1. The molecule has 4 rings (SSSR count). The second-order valence-electron chi connectivity index (χ2n) is 10.4. The molecule has 3 aromatic carbocycles. The lowest BCUT2D eigenvalue weighted by molar-refractivity contribution is -0.566. The Bertz CT molecular complexity index is 1450. The third kappa shape index (κ3) is 9.88. The first kappa shape index (κ1) is 32.1. The largest absolute Gasteiger partial charge is 1.00 e. The van der Waals surface area contributed by atoms with Crippen LogP contribution in [0.3, 0.4) is 0 Å². The van der Waals surface area contributed by atoms with Crippen LogP contribution in [-0.2, 0) is 6.54 Å². The Morgan fingerprint density at radius 2 is 1.66 bits per heavy atom. The first-order valence-electron chi connectivity index (χ1n) is 14.4. The van der Waals surface area contributed by atoms with Gasteiger partial charge in [0.2, 0.25) is 5.43 Å². The fourth-order valence-electron chi connectivity index (χ4n) is 4.77. The van der Waals surface area contributed by atoms with Crippen molar-refractivity contribution in [3.8, 4) is 11.5 Å². The molecule has 2 N–H and O–H groups in total. The number of rotatable bonds is 15. The van der Waals surface area contributed by atoms with Crippen LogP contribution in [0.15, 0.2) is 75.9 Å². The molecule has 1 amide bonds. The van der Waals surface area contributed by atoms with E-state index in [9.17, 15) is 9.59 Å². The second kappa shape index (κ2) is 16.8. The number of hydrogen-bond donors (Lipinski definition) is 1. The smallest absolute Gasteiger partial charge is 0.518 e. The van der Waals surface area contributed by atoms with Gasteiger partial charge in [-0.15, -0.1) is 0 Å². The zero-order valence-electron chi connectivity index (χ0n) is 24.1. The molecule has 7 nitrogen and oxygen atoms in total. The molecular formula is C33H41ClN2O5. The topological polar surface area (TPSA) is 85.6 Å². The molecule has 0 unspecified atom stereocenters. The van der Waals surface area contributed by atoms with Gasteiger partial charge in [-0.2, -0.15) is 4.79 Å². The molecular weight excluding hydrogens is 540 g/mol. The van der Waals surface area contributed by atoms with E-state index >= 15 is 0 Å². The molecule has 0 atom stereocenters. The number of carbonyl (C=O) groups excluding carboxylic acids is 1. The van der Waals surface area contributed by atoms with Crippen molar-refractivity contribution < 1.29 is 36.4 Å². The summed E-state index contributed by atoms with van der Waals surface area (Å²) < 4.78 is 17.4. The Labute approximate surface area is 248 Å². The highest BCUT2D eigenvalue weighted by Crippen LogP contribution is 2.23. The molecule has 41 heavy (non-hydrogen) atoms. The van der Waals surface area contributed by atoms with Crippen LogP contribution in [0.2, 0.25) is 0 Å². The van der Waals surface area contributed by atoms with Crippen LogP contribution in [0.1, 0.15) is 57.4 Å². The first-order chi connectivity index (χ1) is 19.5. The van der Waals surface area contributed by atoms with E-state index in [0.717, 1.165) is 50.9 Å². The number of amides is 1. The molecule has 4 aromatic rings. The number of ether oxygens (including phenoxy) is 2. The number of carbonyl (C=O) groups is 1. The van der Waals surface area contributed by atoms with Gasteiger partial charge in [0.1, 0.15) is 22.7 Å². The molecule has 0 fully saturated rings. The van der Waals surface area contributed by atoms with Crippen LogP contribution < -0.4 is 32.6 Å². The Balaban J connectivity index is 0.00000462. The lowest BCUT2D eigenvalue weighted by atomic mass is 10.1. The molecule has 220 valence electrons. The highest BCUT2D eigenvalue weighted by atomic mass is 35.5. The quantitative estimate of drug-likeness (QED) is 0.172. The van der Waals surface area contributed by atoms with Crippen molar-refractivity contribution in [3.63, 3.8) is 0 Å².